The van der Waals surface area contributed by atoms with Gasteiger partial charge in [0.2, 0.25) is 15.9 Å². The molecule has 0 aromatic heterocycles. The zero-order chi connectivity index (χ0) is 13.3. The van der Waals surface area contributed by atoms with E-state index in [0.717, 1.165) is 19.1 Å². The van der Waals surface area contributed by atoms with E-state index < -0.39 is 22.2 Å². The topological polar surface area (TPSA) is 86.7 Å². The summed E-state index contributed by atoms with van der Waals surface area (Å²) < 4.78 is 24.2. The molecular weight excluding hydrogens is 256 g/mol. The average Bonchev–Trinajstić information content (AvgIpc) is 3.00. The van der Waals surface area contributed by atoms with E-state index in [4.69, 9.17) is 0 Å². The van der Waals surface area contributed by atoms with Gasteiger partial charge in [-0.15, -0.1) is 0 Å². The molecule has 1 saturated heterocycles. The van der Waals surface area contributed by atoms with Crippen LogP contribution in [0.2, 0.25) is 0 Å². The largest absolute Gasteiger partial charge is 0.391 e. The van der Waals surface area contributed by atoms with Crippen LogP contribution in [0.4, 0.5) is 0 Å². The van der Waals surface area contributed by atoms with Crippen LogP contribution in [0.5, 0.6) is 0 Å². The third-order valence-electron chi connectivity index (χ3n) is 3.58. The number of rotatable bonds is 5. The maximum atomic E-state index is 11.9. The van der Waals surface area contributed by atoms with Crippen molar-refractivity contribution in [1.29, 1.82) is 0 Å². The number of carbonyl (C=O) groups is 1. The molecule has 0 radical (unpaired) electrons. The number of sulfonamides is 1. The molecule has 0 aromatic rings. The van der Waals surface area contributed by atoms with Crippen molar-refractivity contribution >= 4 is 15.9 Å². The number of carbonyl (C=O) groups excluding carboxylic acids is 1. The van der Waals surface area contributed by atoms with Crippen molar-refractivity contribution < 1.29 is 18.3 Å². The lowest BCUT2D eigenvalue weighted by Gasteiger charge is -2.22. The zero-order valence-corrected chi connectivity index (χ0v) is 11.3. The molecule has 2 unspecified atom stereocenters. The van der Waals surface area contributed by atoms with Crippen molar-refractivity contribution in [3.05, 3.63) is 0 Å². The van der Waals surface area contributed by atoms with E-state index in [9.17, 15) is 18.3 Å². The van der Waals surface area contributed by atoms with Gasteiger partial charge in [0.05, 0.1) is 12.4 Å². The summed E-state index contributed by atoms with van der Waals surface area (Å²) in [6, 6.07) is -0.605. The Kier molecular flexibility index (Phi) is 3.93. The van der Waals surface area contributed by atoms with Crippen LogP contribution < -0.4 is 5.32 Å². The van der Waals surface area contributed by atoms with Gasteiger partial charge in [0.25, 0.3) is 0 Å². The quantitative estimate of drug-likeness (QED) is 0.695. The molecule has 6 nitrogen and oxygen atoms in total. The fourth-order valence-corrected chi connectivity index (χ4v) is 3.49. The lowest BCUT2D eigenvalue weighted by molar-refractivity contribution is -0.124. The van der Waals surface area contributed by atoms with Crippen LogP contribution in [0.25, 0.3) is 0 Å². The maximum absolute atomic E-state index is 11.9. The molecule has 2 atom stereocenters. The molecule has 0 aromatic carbocycles. The number of hydrogen-bond donors (Lipinski definition) is 2. The van der Waals surface area contributed by atoms with Crippen molar-refractivity contribution in [2.24, 2.45) is 5.92 Å². The van der Waals surface area contributed by atoms with Crippen LogP contribution in [-0.2, 0) is 14.8 Å². The molecule has 2 fully saturated rings. The average molecular weight is 276 g/mol. The molecule has 104 valence electrons. The first-order chi connectivity index (χ1) is 8.39. The number of aliphatic hydroxyl groups excluding tert-OH is 1. The highest BCUT2D eigenvalue weighted by atomic mass is 32.2. The summed E-state index contributed by atoms with van der Waals surface area (Å²) in [7, 11) is -3.33. The van der Waals surface area contributed by atoms with Crippen molar-refractivity contribution in [1.82, 2.24) is 9.62 Å². The van der Waals surface area contributed by atoms with Crippen LogP contribution in [0, 0.1) is 5.92 Å². The molecule has 1 aliphatic carbocycles. The Hall–Kier alpha value is -0.660. The minimum absolute atomic E-state index is 0.220. The summed E-state index contributed by atoms with van der Waals surface area (Å²) in [4.78, 5) is 11.9. The second kappa shape index (κ2) is 5.14. The summed E-state index contributed by atoms with van der Waals surface area (Å²) in [5.74, 6) is 0.0116. The normalized spacial score (nSPS) is 27.1. The predicted octanol–water partition coefficient (Wildman–Crippen LogP) is -0.702. The van der Waals surface area contributed by atoms with Crippen LogP contribution in [0.3, 0.4) is 0 Å². The zero-order valence-electron chi connectivity index (χ0n) is 10.5. The number of nitrogens with zero attached hydrogens (tertiary/aromatic N) is 1. The van der Waals surface area contributed by atoms with E-state index in [-0.39, 0.29) is 12.5 Å². The third-order valence-corrected chi connectivity index (χ3v) is 4.87. The number of nitrogens with one attached hydrogen (secondary N) is 1. The highest BCUT2D eigenvalue weighted by Crippen LogP contribution is 2.32. The van der Waals surface area contributed by atoms with Gasteiger partial charge in [-0.2, -0.15) is 4.31 Å². The Labute approximate surface area is 107 Å². The SMILES string of the molecule is CS(=O)(=O)N1CCCC1C(=O)NCC(O)C1CC1. The summed E-state index contributed by atoms with van der Waals surface area (Å²) in [6.45, 7) is 0.625. The molecule has 18 heavy (non-hydrogen) atoms. The first-order valence-electron chi connectivity index (χ1n) is 6.32. The Morgan fingerprint density at radius 3 is 2.67 bits per heavy atom. The van der Waals surface area contributed by atoms with Crippen molar-refractivity contribution in [3.8, 4) is 0 Å². The predicted molar refractivity (Wildman–Crippen MR) is 66.3 cm³/mol. The molecule has 7 heteroatoms. The summed E-state index contributed by atoms with van der Waals surface area (Å²) in [5, 5.41) is 12.3. The lowest BCUT2D eigenvalue weighted by atomic mass is 10.2. The Balaban J connectivity index is 1.87. The maximum Gasteiger partial charge on any atom is 0.238 e. The van der Waals surface area contributed by atoms with Gasteiger partial charge in [0.15, 0.2) is 0 Å². The van der Waals surface area contributed by atoms with Crippen molar-refractivity contribution in [3.63, 3.8) is 0 Å². The minimum atomic E-state index is -3.33. The second-order valence-electron chi connectivity index (χ2n) is 5.18. The van der Waals surface area contributed by atoms with Gasteiger partial charge in [-0.05, 0) is 31.6 Å². The first-order valence-corrected chi connectivity index (χ1v) is 8.17. The molecule has 1 saturated carbocycles. The second-order valence-corrected chi connectivity index (χ2v) is 7.12. The molecule has 2 rings (SSSR count). The highest BCUT2D eigenvalue weighted by molar-refractivity contribution is 7.88. The van der Waals surface area contributed by atoms with Gasteiger partial charge in [0.1, 0.15) is 6.04 Å². The minimum Gasteiger partial charge on any atom is -0.391 e. The summed E-state index contributed by atoms with van der Waals surface area (Å²) in [6.07, 6.45) is 3.90. The Bertz CT molecular complexity index is 419. The van der Waals surface area contributed by atoms with Crippen LogP contribution in [0.1, 0.15) is 25.7 Å². The van der Waals surface area contributed by atoms with Gasteiger partial charge in [-0.25, -0.2) is 8.42 Å². The number of hydrogen-bond acceptors (Lipinski definition) is 4. The monoisotopic (exact) mass is 276 g/mol. The highest BCUT2D eigenvalue weighted by Gasteiger charge is 2.37. The molecule has 2 N–H and O–H groups in total. The molecule has 1 heterocycles. The van der Waals surface area contributed by atoms with Crippen molar-refractivity contribution in [2.75, 3.05) is 19.3 Å². The first kappa shape index (κ1) is 13.8. The number of aliphatic hydroxyl groups is 1. The van der Waals surface area contributed by atoms with Crippen molar-refractivity contribution in [2.45, 2.75) is 37.8 Å². The molecule has 2 aliphatic rings. The fourth-order valence-electron chi connectivity index (χ4n) is 2.37. The molecular formula is C11H20N2O4S. The lowest BCUT2D eigenvalue weighted by Crippen LogP contribution is -2.47. The van der Waals surface area contributed by atoms with E-state index in [0.29, 0.717) is 25.3 Å². The van der Waals surface area contributed by atoms with Gasteiger partial charge < -0.3 is 10.4 Å². The number of amides is 1. The van der Waals surface area contributed by atoms with Crippen LogP contribution in [0.15, 0.2) is 0 Å². The van der Waals surface area contributed by atoms with E-state index in [1.165, 1.54) is 4.31 Å². The van der Waals surface area contributed by atoms with Crippen LogP contribution >= 0.6 is 0 Å². The van der Waals surface area contributed by atoms with E-state index in [2.05, 4.69) is 5.32 Å². The van der Waals surface area contributed by atoms with E-state index >= 15 is 0 Å². The van der Waals surface area contributed by atoms with E-state index in [1.807, 2.05) is 0 Å². The van der Waals surface area contributed by atoms with Gasteiger partial charge >= 0.3 is 0 Å². The van der Waals surface area contributed by atoms with Gasteiger partial charge in [-0.3, -0.25) is 4.79 Å². The smallest absolute Gasteiger partial charge is 0.238 e. The molecule has 0 bridgehead atoms. The van der Waals surface area contributed by atoms with E-state index in [1.54, 1.807) is 0 Å². The summed E-state index contributed by atoms with van der Waals surface area (Å²) >= 11 is 0. The van der Waals surface area contributed by atoms with Gasteiger partial charge in [0, 0.05) is 13.1 Å². The summed E-state index contributed by atoms with van der Waals surface area (Å²) in [5.41, 5.74) is 0. The fraction of sp³-hybridized carbons (Fsp3) is 0.909. The Morgan fingerprint density at radius 1 is 1.44 bits per heavy atom. The molecule has 0 spiro atoms. The van der Waals surface area contributed by atoms with Crippen LogP contribution in [-0.4, -0.2) is 55.2 Å². The Morgan fingerprint density at radius 2 is 2.11 bits per heavy atom. The molecule has 1 aliphatic heterocycles. The third kappa shape index (κ3) is 3.21. The standard InChI is InChI=1S/C11H20N2O4S/c1-18(16,17)13-6-2-3-9(13)11(15)12-7-10(14)8-4-5-8/h8-10,14H,2-7H2,1H3,(H,12,15). The van der Waals surface area contributed by atoms with Gasteiger partial charge in [-0.1, -0.05) is 0 Å². The molecule has 1 amide bonds.